The number of rotatable bonds is 3. The number of hydrogen-bond acceptors (Lipinski definition) is 6. The van der Waals surface area contributed by atoms with Crippen LogP contribution < -0.4 is 0 Å². The summed E-state index contributed by atoms with van der Waals surface area (Å²) in [7, 11) is 1.71. The highest BCUT2D eigenvalue weighted by molar-refractivity contribution is 6.33. The predicted octanol–water partition coefficient (Wildman–Crippen LogP) is 2.21. The lowest BCUT2D eigenvalue weighted by molar-refractivity contribution is -0.162. The predicted molar refractivity (Wildman–Crippen MR) is 83.2 cm³/mol. The molecule has 23 heavy (non-hydrogen) atoms. The number of imidazole rings is 1. The van der Waals surface area contributed by atoms with Gasteiger partial charge in [-0.1, -0.05) is 11.6 Å². The van der Waals surface area contributed by atoms with Crippen LogP contribution >= 0.6 is 11.6 Å². The zero-order valence-electron chi connectivity index (χ0n) is 13.3. The zero-order valence-corrected chi connectivity index (χ0v) is 14.0. The van der Waals surface area contributed by atoms with Gasteiger partial charge in [0.1, 0.15) is 17.9 Å². The van der Waals surface area contributed by atoms with Crippen LogP contribution in [0.4, 0.5) is 0 Å². The molecule has 2 aromatic heterocycles. The summed E-state index contributed by atoms with van der Waals surface area (Å²) >= 11 is 6.11. The molecule has 0 unspecified atom stereocenters. The maximum absolute atomic E-state index is 6.16. The quantitative estimate of drug-likeness (QED) is 0.799. The van der Waals surface area contributed by atoms with Crippen molar-refractivity contribution in [2.24, 2.45) is 5.92 Å². The molecule has 0 spiro atoms. The van der Waals surface area contributed by atoms with Crippen molar-refractivity contribution in [1.29, 1.82) is 0 Å². The van der Waals surface area contributed by atoms with Crippen molar-refractivity contribution in [3.05, 3.63) is 17.8 Å². The Morgan fingerprint density at radius 2 is 2.09 bits per heavy atom. The summed E-state index contributed by atoms with van der Waals surface area (Å²) in [5.74, 6) is -0.324. The van der Waals surface area contributed by atoms with Crippen LogP contribution in [0.3, 0.4) is 0 Å². The van der Waals surface area contributed by atoms with Crippen molar-refractivity contribution < 1.29 is 14.2 Å². The molecule has 0 amide bonds. The molecule has 1 aliphatic carbocycles. The number of methoxy groups -OCH3 is 1. The lowest BCUT2D eigenvalue weighted by Crippen LogP contribution is -2.28. The van der Waals surface area contributed by atoms with Crippen molar-refractivity contribution in [1.82, 2.24) is 19.5 Å². The van der Waals surface area contributed by atoms with E-state index in [0.29, 0.717) is 17.3 Å². The highest BCUT2D eigenvalue weighted by Crippen LogP contribution is 2.47. The van der Waals surface area contributed by atoms with Gasteiger partial charge in [-0.3, -0.25) is 0 Å². The van der Waals surface area contributed by atoms with E-state index in [1.54, 1.807) is 13.4 Å². The first-order chi connectivity index (χ1) is 11.0. The van der Waals surface area contributed by atoms with Crippen LogP contribution in [-0.4, -0.2) is 51.2 Å². The number of ether oxygens (including phenoxy) is 3. The summed E-state index contributed by atoms with van der Waals surface area (Å²) in [6.45, 7) is 4.52. The molecule has 0 radical (unpaired) electrons. The minimum atomic E-state index is -0.594. The Labute approximate surface area is 138 Å². The Bertz CT molecular complexity index is 735. The van der Waals surface area contributed by atoms with Crippen molar-refractivity contribution >= 4 is 22.8 Å². The molecule has 124 valence electrons. The van der Waals surface area contributed by atoms with Gasteiger partial charge in [0.15, 0.2) is 16.6 Å². The van der Waals surface area contributed by atoms with Crippen LogP contribution in [0, 0.1) is 5.92 Å². The number of halogens is 1. The van der Waals surface area contributed by atoms with E-state index in [0.717, 1.165) is 12.1 Å². The smallest absolute Gasteiger partial charge is 0.165 e. The Kier molecular flexibility index (Phi) is 3.57. The fraction of sp³-hybridized carbons (Fsp3) is 0.667. The first-order valence-electron chi connectivity index (χ1n) is 7.68. The van der Waals surface area contributed by atoms with Gasteiger partial charge in [0.2, 0.25) is 0 Å². The molecule has 1 saturated heterocycles. The Morgan fingerprint density at radius 3 is 2.87 bits per heavy atom. The van der Waals surface area contributed by atoms with Gasteiger partial charge in [-0.15, -0.1) is 0 Å². The number of aromatic nitrogens is 4. The molecule has 1 saturated carbocycles. The second-order valence-corrected chi connectivity index (χ2v) is 6.93. The van der Waals surface area contributed by atoms with Crippen LogP contribution in [0.1, 0.15) is 26.3 Å². The maximum Gasteiger partial charge on any atom is 0.165 e. The minimum Gasteiger partial charge on any atom is -0.384 e. The summed E-state index contributed by atoms with van der Waals surface area (Å²) in [6.07, 6.45) is 4.04. The third kappa shape index (κ3) is 2.42. The zero-order chi connectivity index (χ0) is 16.2. The summed E-state index contributed by atoms with van der Waals surface area (Å²) in [6, 6.07) is 0.0814. The van der Waals surface area contributed by atoms with Crippen molar-refractivity contribution in [3.8, 4) is 0 Å². The van der Waals surface area contributed by atoms with Gasteiger partial charge in [-0.25, -0.2) is 15.0 Å². The molecule has 2 aliphatic rings. The van der Waals surface area contributed by atoms with E-state index in [1.807, 2.05) is 18.4 Å². The summed E-state index contributed by atoms with van der Waals surface area (Å²) in [5, 5.41) is 0.362. The summed E-state index contributed by atoms with van der Waals surface area (Å²) < 4.78 is 19.7. The largest absolute Gasteiger partial charge is 0.384 e. The highest BCUT2D eigenvalue weighted by Gasteiger charge is 2.54. The molecule has 4 atom stereocenters. The molecule has 0 aromatic carbocycles. The van der Waals surface area contributed by atoms with E-state index in [1.165, 1.54) is 6.33 Å². The van der Waals surface area contributed by atoms with Gasteiger partial charge < -0.3 is 18.8 Å². The summed E-state index contributed by atoms with van der Waals surface area (Å²) in [4.78, 5) is 12.7. The first-order valence-corrected chi connectivity index (χ1v) is 8.05. The molecule has 4 rings (SSSR count). The molecule has 2 aromatic rings. The van der Waals surface area contributed by atoms with E-state index >= 15 is 0 Å². The molecular weight excluding hydrogens is 320 g/mol. The van der Waals surface area contributed by atoms with E-state index in [9.17, 15) is 0 Å². The van der Waals surface area contributed by atoms with Gasteiger partial charge >= 0.3 is 0 Å². The average molecular weight is 339 g/mol. The maximum atomic E-state index is 6.16. The minimum absolute atomic E-state index is 0.00436. The van der Waals surface area contributed by atoms with E-state index < -0.39 is 5.79 Å². The topological polar surface area (TPSA) is 71.3 Å². The molecule has 3 heterocycles. The second kappa shape index (κ2) is 5.37. The summed E-state index contributed by atoms with van der Waals surface area (Å²) in [5.41, 5.74) is 1.33. The normalized spacial score (nSPS) is 32.5. The van der Waals surface area contributed by atoms with Gasteiger partial charge in [0.05, 0.1) is 25.1 Å². The Morgan fingerprint density at radius 1 is 1.30 bits per heavy atom. The SMILES string of the molecule is COC[C@H]1C[C@@H](n2cnc3c(Cl)ncnc32)[C@@H]2OC(C)(C)O[C@H]12. The van der Waals surface area contributed by atoms with E-state index in [2.05, 4.69) is 15.0 Å². The lowest BCUT2D eigenvalue weighted by atomic mass is 10.1. The van der Waals surface area contributed by atoms with Gasteiger partial charge in [0.25, 0.3) is 0 Å². The lowest BCUT2D eigenvalue weighted by Gasteiger charge is -2.24. The second-order valence-electron chi connectivity index (χ2n) is 6.57. The first kappa shape index (κ1) is 15.3. The molecule has 7 nitrogen and oxygen atoms in total. The molecule has 0 bridgehead atoms. The monoisotopic (exact) mass is 338 g/mol. The van der Waals surface area contributed by atoms with Crippen LogP contribution in [0.5, 0.6) is 0 Å². The van der Waals surface area contributed by atoms with Gasteiger partial charge in [-0.05, 0) is 20.3 Å². The van der Waals surface area contributed by atoms with Crippen LogP contribution in [0.25, 0.3) is 11.2 Å². The van der Waals surface area contributed by atoms with Crippen molar-refractivity contribution in [2.75, 3.05) is 13.7 Å². The standard InChI is InChI=1S/C15H19ClN4O3/c1-15(2)22-11-8(5-21-3)4-9(12(11)23-15)20-7-19-10-13(16)17-6-18-14(10)20/h6-9,11-12H,4-5H2,1-3H3/t8-,9-,11-,12+/m1/s1. The highest BCUT2D eigenvalue weighted by atomic mass is 35.5. The van der Waals surface area contributed by atoms with Gasteiger partial charge in [0, 0.05) is 13.0 Å². The molecule has 0 N–H and O–H groups in total. The Hall–Kier alpha value is -1.28. The Balaban J connectivity index is 1.74. The van der Waals surface area contributed by atoms with E-state index in [4.69, 9.17) is 25.8 Å². The molecule has 8 heteroatoms. The molecular formula is C15H19ClN4O3. The van der Waals surface area contributed by atoms with Gasteiger partial charge in [-0.2, -0.15) is 0 Å². The number of fused-ring (bicyclic) bond motifs is 2. The number of hydrogen-bond donors (Lipinski definition) is 0. The third-order valence-electron chi connectivity index (χ3n) is 4.60. The van der Waals surface area contributed by atoms with E-state index in [-0.39, 0.29) is 24.2 Å². The van der Waals surface area contributed by atoms with Crippen molar-refractivity contribution in [3.63, 3.8) is 0 Å². The average Bonchev–Trinajstić information content (AvgIpc) is 3.13. The van der Waals surface area contributed by atoms with Crippen LogP contribution in [-0.2, 0) is 14.2 Å². The molecule has 1 aliphatic heterocycles. The fourth-order valence-corrected chi connectivity index (χ4v) is 3.95. The molecule has 2 fully saturated rings. The third-order valence-corrected chi connectivity index (χ3v) is 4.88. The van der Waals surface area contributed by atoms with Crippen LogP contribution in [0.15, 0.2) is 12.7 Å². The fourth-order valence-electron chi connectivity index (χ4n) is 3.77. The van der Waals surface area contributed by atoms with Crippen molar-refractivity contribution in [2.45, 2.75) is 44.3 Å². The van der Waals surface area contributed by atoms with Crippen LogP contribution in [0.2, 0.25) is 5.15 Å². The number of nitrogens with zero attached hydrogens (tertiary/aromatic N) is 4.